The standard InChI is InChI=1S/C12H13BrN2OS/c1-8(16)9-3-4-11(10(13)7-9)17-12-14-5-6-15(12)2/h3-8,16H,1-2H3/t8-/m1/s1. The van der Waals surface area contributed by atoms with Crippen LogP contribution in [0, 0.1) is 0 Å². The van der Waals surface area contributed by atoms with E-state index in [1.807, 2.05) is 36.0 Å². The van der Waals surface area contributed by atoms with Crippen LogP contribution in [0.1, 0.15) is 18.6 Å². The summed E-state index contributed by atoms with van der Waals surface area (Å²) >= 11 is 5.11. The number of aryl methyl sites for hydroxylation is 1. The fourth-order valence-corrected chi connectivity index (χ4v) is 2.86. The van der Waals surface area contributed by atoms with Gasteiger partial charge in [-0.15, -0.1) is 0 Å². The number of nitrogens with zero attached hydrogens (tertiary/aromatic N) is 2. The van der Waals surface area contributed by atoms with Gasteiger partial charge in [0.1, 0.15) is 0 Å². The zero-order valence-electron chi connectivity index (χ0n) is 9.59. The Morgan fingerprint density at radius 2 is 2.24 bits per heavy atom. The largest absolute Gasteiger partial charge is 0.389 e. The van der Waals surface area contributed by atoms with Gasteiger partial charge in [0.25, 0.3) is 0 Å². The highest BCUT2D eigenvalue weighted by molar-refractivity contribution is 9.10. The minimum Gasteiger partial charge on any atom is -0.389 e. The monoisotopic (exact) mass is 312 g/mol. The Morgan fingerprint density at radius 1 is 1.47 bits per heavy atom. The van der Waals surface area contributed by atoms with Crippen molar-refractivity contribution < 1.29 is 5.11 Å². The number of hydrogen-bond donors (Lipinski definition) is 1. The van der Waals surface area contributed by atoms with Crippen molar-refractivity contribution in [2.45, 2.75) is 23.1 Å². The maximum absolute atomic E-state index is 9.50. The van der Waals surface area contributed by atoms with E-state index in [4.69, 9.17) is 0 Å². The highest BCUT2D eigenvalue weighted by Gasteiger charge is 2.08. The fourth-order valence-electron chi connectivity index (χ4n) is 1.41. The molecule has 0 unspecified atom stereocenters. The van der Waals surface area contributed by atoms with Gasteiger partial charge in [-0.2, -0.15) is 0 Å². The molecule has 1 aromatic heterocycles. The molecule has 0 bridgehead atoms. The van der Waals surface area contributed by atoms with E-state index in [1.165, 1.54) is 0 Å². The molecule has 3 nitrogen and oxygen atoms in total. The average molecular weight is 313 g/mol. The average Bonchev–Trinajstić information content (AvgIpc) is 2.67. The van der Waals surface area contributed by atoms with Gasteiger partial charge in [-0.25, -0.2) is 4.98 Å². The molecule has 90 valence electrons. The van der Waals surface area contributed by atoms with E-state index in [9.17, 15) is 5.11 Å². The number of hydrogen-bond acceptors (Lipinski definition) is 3. The zero-order valence-corrected chi connectivity index (χ0v) is 12.0. The number of imidazole rings is 1. The van der Waals surface area contributed by atoms with Crippen LogP contribution in [0.5, 0.6) is 0 Å². The summed E-state index contributed by atoms with van der Waals surface area (Å²) in [5.41, 5.74) is 0.904. The Labute approximate surface area is 113 Å². The third-order valence-corrected chi connectivity index (χ3v) is 4.49. The first-order valence-corrected chi connectivity index (χ1v) is 6.81. The topological polar surface area (TPSA) is 38.1 Å². The van der Waals surface area contributed by atoms with Crippen LogP contribution in [0.15, 0.2) is 45.1 Å². The van der Waals surface area contributed by atoms with Crippen LogP contribution >= 0.6 is 27.7 Å². The van der Waals surface area contributed by atoms with Crippen molar-refractivity contribution in [3.05, 3.63) is 40.6 Å². The Balaban J connectivity index is 2.26. The molecule has 1 N–H and O–H groups in total. The van der Waals surface area contributed by atoms with Crippen LogP contribution in [-0.4, -0.2) is 14.7 Å². The van der Waals surface area contributed by atoms with Gasteiger partial charge >= 0.3 is 0 Å². The summed E-state index contributed by atoms with van der Waals surface area (Å²) in [6, 6.07) is 5.86. The predicted molar refractivity (Wildman–Crippen MR) is 72.1 cm³/mol. The van der Waals surface area contributed by atoms with E-state index in [1.54, 1.807) is 24.9 Å². The normalized spacial score (nSPS) is 12.7. The molecular weight excluding hydrogens is 300 g/mol. The molecule has 5 heteroatoms. The Kier molecular flexibility index (Phi) is 3.91. The lowest BCUT2D eigenvalue weighted by Crippen LogP contribution is -1.92. The highest BCUT2D eigenvalue weighted by Crippen LogP contribution is 2.33. The van der Waals surface area contributed by atoms with E-state index in [0.717, 1.165) is 20.1 Å². The summed E-state index contributed by atoms with van der Waals surface area (Å²) in [6.07, 6.45) is 3.25. The van der Waals surface area contributed by atoms with E-state index < -0.39 is 6.10 Å². The molecule has 0 spiro atoms. The Morgan fingerprint density at radius 3 is 2.76 bits per heavy atom. The van der Waals surface area contributed by atoms with E-state index in [-0.39, 0.29) is 0 Å². The van der Waals surface area contributed by atoms with Crippen molar-refractivity contribution in [2.75, 3.05) is 0 Å². The first-order valence-electron chi connectivity index (χ1n) is 5.20. The minimum absolute atomic E-state index is 0.446. The van der Waals surface area contributed by atoms with Gasteiger partial charge in [0, 0.05) is 28.8 Å². The maximum atomic E-state index is 9.50. The lowest BCUT2D eigenvalue weighted by molar-refractivity contribution is 0.199. The molecule has 17 heavy (non-hydrogen) atoms. The minimum atomic E-state index is -0.446. The number of rotatable bonds is 3. The second-order valence-electron chi connectivity index (χ2n) is 3.79. The summed E-state index contributed by atoms with van der Waals surface area (Å²) in [6.45, 7) is 1.76. The third-order valence-electron chi connectivity index (χ3n) is 2.42. The van der Waals surface area contributed by atoms with Crippen molar-refractivity contribution in [1.29, 1.82) is 0 Å². The van der Waals surface area contributed by atoms with E-state index in [0.29, 0.717) is 0 Å². The lowest BCUT2D eigenvalue weighted by atomic mass is 10.1. The van der Waals surface area contributed by atoms with Crippen LogP contribution in [0.25, 0.3) is 0 Å². The molecule has 0 saturated heterocycles. The molecule has 0 aliphatic heterocycles. The van der Waals surface area contributed by atoms with Crippen LogP contribution < -0.4 is 0 Å². The van der Waals surface area contributed by atoms with Gasteiger partial charge in [0.05, 0.1) is 6.10 Å². The number of aliphatic hydroxyl groups is 1. The van der Waals surface area contributed by atoms with Crippen LogP contribution in [0.2, 0.25) is 0 Å². The Hall–Kier alpha value is -0.780. The molecule has 0 radical (unpaired) electrons. The van der Waals surface area contributed by atoms with Crippen molar-refractivity contribution in [3.8, 4) is 0 Å². The van der Waals surface area contributed by atoms with Crippen LogP contribution in [-0.2, 0) is 7.05 Å². The van der Waals surface area contributed by atoms with Gasteiger partial charge < -0.3 is 9.67 Å². The second kappa shape index (κ2) is 5.25. The molecule has 1 heterocycles. The molecule has 0 amide bonds. The summed E-state index contributed by atoms with van der Waals surface area (Å²) in [7, 11) is 1.97. The first kappa shape index (κ1) is 12.7. The van der Waals surface area contributed by atoms with Crippen molar-refractivity contribution in [1.82, 2.24) is 9.55 Å². The lowest BCUT2D eigenvalue weighted by Gasteiger charge is -2.08. The molecule has 0 aliphatic carbocycles. The molecule has 1 atom stereocenters. The van der Waals surface area contributed by atoms with Crippen LogP contribution in [0.3, 0.4) is 0 Å². The molecule has 0 fully saturated rings. The van der Waals surface area contributed by atoms with E-state index in [2.05, 4.69) is 20.9 Å². The summed E-state index contributed by atoms with van der Waals surface area (Å²) in [5.74, 6) is 0. The smallest absolute Gasteiger partial charge is 0.172 e. The van der Waals surface area contributed by atoms with Gasteiger partial charge in [0.15, 0.2) is 5.16 Å². The second-order valence-corrected chi connectivity index (χ2v) is 5.65. The van der Waals surface area contributed by atoms with Crippen molar-refractivity contribution in [3.63, 3.8) is 0 Å². The van der Waals surface area contributed by atoms with Gasteiger partial charge in [-0.1, -0.05) is 17.8 Å². The highest BCUT2D eigenvalue weighted by atomic mass is 79.9. The van der Waals surface area contributed by atoms with Gasteiger partial charge in [-0.3, -0.25) is 0 Å². The SMILES string of the molecule is C[C@@H](O)c1ccc(Sc2nccn2C)c(Br)c1. The summed E-state index contributed by atoms with van der Waals surface area (Å²) in [5, 5.41) is 10.4. The quantitative estimate of drug-likeness (QED) is 0.944. The van der Waals surface area contributed by atoms with E-state index >= 15 is 0 Å². The molecule has 0 aliphatic rings. The van der Waals surface area contributed by atoms with Gasteiger partial charge in [-0.05, 0) is 40.5 Å². The molecule has 0 saturated carbocycles. The number of aliphatic hydroxyl groups excluding tert-OH is 1. The predicted octanol–water partition coefficient (Wildman–Crippen LogP) is 3.39. The zero-order chi connectivity index (χ0) is 12.4. The summed E-state index contributed by atoms with van der Waals surface area (Å²) < 4.78 is 2.95. The van der Waals surface area contributed by atoms with Gasteiger partial charge in [0.2, 0.25) is 0 Å². The first-order chi connectivity index (χ1) is 8.08. The fraction of sp³-hybridized carbons (Fsp3) is 0.250. The van der Waals surface area contributed by atoms with Crippen molar-refractivity contribution in [2.24, 2.45) is 7.05 Å². The molecule has 2 aromatic rings. The maximum Gasteiger partial charge on any atom is 0.172 e. The number of aromatic nitrogens is 2. The third kappa shape index (κ3) is 2.91. The van der Waals surface area contributed by atoms with Crippen LogP contribution in [0.4, 0.5) is 0 Å². The number of halogens is 1. The summed E-state index contributed by atoms with van der Waals surface area (Å²) in [4.78, 5) is 5.35. The number of benzene rings is 1. The molecule has 2 rings (SSSR count). The molecular formula is C12H13BrN2OS. The molecule has 1 aromatic carbocycles. The van der Waals surface area contributed by atoms with Crippen molar-refractivity contribution >= 4 is 27.7 Å². The Bertz CT molecular complexity index is 525.